The van der Waals surface area contributed by atoms with Gasteiger partial charge in [0.1, 0.15) is 0 Å². The third-order valence-electron chi connectivity index (χ3n) is 7.47. The number of fused-ring (bicyclic) bond motifs is 1. The Bertz CT molecular complexity index is 2130. The molecule has 0 radical (unpaired) electrons. The van der Waals surface area contributed by atoms with Crippen molar-refractivity contribution in [2.24, 2.45) is 0 Å². The molecule has 7 rings (SSSR count). The molecule has 0 spiro atoms. The van der Waals surface area contributed by atoms with Gasteiger partial charge in [0.05, 0.1) is 23.0 Å². The standard InChI is InChI=1S/C38H23BrN4/c39-35-21-33(29-15-17-41-18-16-29)20-34(22-35)37-23-36(30-12-9-28(10-13-30)27-7-5-25(24-40)6-8-27)42-38(43-37)32-14-11-26-3-1-2-4-31(26)19-32/h1-23H. The van der Waals surface area contributed by atoms with Gasteiger partial charge in [0, 0.05) is 33.6 Å². The van der Waals surface area contributed by atoms with Crippen LogP contribution in [0.2, 0.25) is 0 Å². The Kier molecular flexibility index (Phi) is 7.04. The fourth-order valence-corrected chi connectivity index (χ4v) is 5.71. The third kappa shape index (κ3) is 5.57. The van der Waals surface area contributed by atoms with E-state index in [4.69, 9.17) is 15.2 Å². The van der Waals surface area contributed by atoms with Gasteiger partial charge < -0.3 is 0 Å². The van der Waals surface area contributed by atoms with Gasteiger partial charge in [-0.05, 0) is 87.6 Å². The highest BCUT2D eigenvalue weighted by Crippen LogP contribution is 2.34. The lowest BCUT2D eigenvalue weighted by Gasteiger charge is -2.12. The number of halogens is 1. The molecule has 5 aromatic carbocycles. The van der Waals surface area contributed by atoms with Crippen LogP contribution in [0.4, 0.5) is 0 Å². The number of benzene rings is 5. The van der Waals surface area contributed by atoms with Gasteiger partial charge >= 0.3 is 0 Å². The average molecular weight is 616 g/mol. The van der Waals surface area contributed by atoms with Crippen LogP contribution in [-0.4, -0.2) is 15.0 Å². The highest BCUT2D eigenvalue weighted by molar-refractivity contribution is 9.10. The zero-order chi connectivity index (χ0) is 29.2. The number of nitrogens with zero attached hydrogens (tertiary/aromatic N) is 4. The molecule has 0 atom stereocenters. The number of hydrogen-bond donors (Lipinski definition) is 0. The van der Waals surface area contributed by atoms with Gasteiger partial charge in [0.15, 0.2) is 5.82 Å². The number of nitriles is 1. The zero-order valence-corrected chi connectivity index (χ0v) is 24.5. The molecule has 0 bridgehead atoms. The maximum Gasteiger partial charge on any atom is 0.160 e. The molecule has 7 aromatic rings. The molecular weight excluding hydrogens is 592 g/mol. The smallest absolute Gasteiger partial charge is 0.160 e. The van der Waals surface area contributed by atoms with E-state index in [2.05, 4.69) is 106 Å². The van der Waals surface area contributed by atoms with E-state index in [1.807, 2.05) is 48.5 Å². The van der Waals surface area contributed by atoms with Crippen molar-refractivity contribution in [3.8, 4) is 62.2 Å². The summed E-state index contributed by atoms with van der Waals surface area (Å²) in [6.07, 6.45) is 3.61. The summed E-state index contributed by atoms with van der Waals surface area (Å²) in [5, 5.41) is 11.5. The highest BCUT2D eigenvalue weighted by atomic mass is 79.9. The van der Waals surface area contributed by atoms with Crippen LogP contribution in [0.5, 0.6) is 0 Å². The largest absolute Gasteiger partial charge is 0.265 e. The van der Waals surface area contributed by atoms with E-state index in [9.17, 15) is 0 Å². The molecule has 0 fully saturated rings. The Morgan fingerprint density at radius 2 is 1.07 bits per heavy atom. The molecule has 2 heterocycles. The topological polar surface area (TPSA) is 62.5 Å². The monoisotopic (exact) mass is 614 g/mol. The summed E-state index contributed by atoms with van der Waals surface area (Å²) >= 11 is 3.72. The second-order valence-electron chi connectivity index (χ2n) is 10.3. The molecule has 4 nitrogen and oxygen atoms in total. The van der Waals surface area contributed by atoms with Crippen molar-refractivity contribution in [3.05, 3.63) is 150 Å². The van der Waals surface area contributed by atoms with E-state index in [0.29, 0.717) is 11.4 Å². The fraction of sp³-hybridized carbons (Fsp3) is 0. The zero-order valence-electron chi connectivity index (χ0n) is 22.9. The van der Waals surface area contributed by atoms with Crippen molar-refractivity contribution in [1.82, 2.24) is 15.0 Å². The Labute approximate surface area is 258 Å². The van der Waals surface area contributed by atoms with E-state index < -0.39 is 0 Å². The van der Waals surface area contributed by atoms with E-state index in [0.717, 1.165) is 60.2 Å². The van der Waals surface area contributed by atoms with Gasteiger partial charge in [-0.1, -0.05) is 88.7 Å². The van der Waals surface area contributed by atoms with Gasteiger partial charge in [-0.25, -0.2) is 9.97 Å². The van der Waals surface area contributed by atoms with E-state index in [-0.39, 0.29) is 0 Å². The SMILES string of the molecule is N#Cc1ccc(-c2ccc(-c3cc(-c4cc(Br)cc(-c5ccncc5)c4)nc(-c4ccc5ccccc5c4)n3)cc2)cc1. The molecule has 0 aliphatic heterocycles. The van der Waals surface area contributed by atoms with Crippen molar-refractivity contribution in [2.75, 3.05) is 0 Å². The molecule has 0 aliphatic rings. The summed E-state index contributed by atoms with van der Waals surface area (Å²) in [7, 11) is 0. The van der Waals surface area contributed by atoms with Crippen LogP contribution in [0.15, 0.2) is 144 Å². The minimum Gasteiger partial charge on any atom is -0.265 e. The lowest BCUT2D eigenvalue weighted by atomic mass is 9.99. The van der Waals surface area contributed by atoms with Gasteiger partial charge in [-0.15, -0.1) is 0 Å². The quantitative estimate of drug-likeness (QED) is 0.193. The first-order valence-corrected chi connectivity index (χ1v) is 14.6. The number of rotatable bonds is 5. The van der Waals surface area contributed by atoms with Crippen molar-refractivity contribution >= 4 is 26.7 Å². The van der Waals surface area contributed by atoms with Crippen LogP contribution in [0, 0.1) is 11.3 Å². The first-order valence-electron chi connectivity index (χ1n) is 13.8. The van der Waals surface area contributed by atoms with E-state index in [1.54, 1.807) is 12.4 Å². The van der Waals surface area contributed by atoms with Crippen LogP contribution in [0.25, 0.3) is 66.9 Å². The highest BCUT2D eigenvalue weighted by Gasteiger charge is 2.13. The molecule has 0 amide bonds. The van der Waals surface area contributed by atoms with Gasteiger partial charge in [-0.3, -0.25) is 4.98 Å². The van der Waals surface area contributed by atoms with Crippen molar-refractivity contribution in [3.63, 3.8) is 0 Å². The molecule has 0 N–H and O–H groups in total. The van der Waals surface area contributed by atoms with Crippen LogP contribution in [-0.2, 0) is 0 Å². The molecular formula is C38H23BrN4. The van der Waals surface area contributed by atoms with Gasteiger partial charge in [0.2, 0.25) is 0 Å². The summed E-state index contributed by atoms with van der Waals surface area (Å²) in [5.74, 6) is 0.667. The molecule has 202 valence electrons. The molecule has 0 aliphatic carbocycles. The summed E-state index contributed by atoms with van der Waals surface area (Å²) in [4.78, 5) is 14.3. The molecule has 0 saturated carbocycles. The minimum absolute atomic E-state index is 0.648. The third-order valence-corrected chi connectivity index (χ3v) is 7.93. The van der Waals surface area contributed by atoms with Crippen molar-refractivity contribution < 1.29 is 0 Å². The Morgan fingerprint density at radius 1 is 0.488 bits per heavy atom. The predicted molar refractivity (Wildman–Crippen MR) is 177 cm³/mol. The number of pyridine rings is 1. The predicted octanol–water partition coefficient (Wildman–Crippen LogP) is 9.99. The Morgan fingerprint density at radius 3 is 1.79 bits per heavy atom. The number of hydrogen-bond acceptors (Lipinski definition) is 4. The lowest BCUT2D eigenvalue weighted by Crippen LogP contribution is -1.96. The summed E-state index contributed by atoms with van der Waals surface area (Å²) in [6, 6.07) is 45.3. The first-order chi connectivity index (χ1) is 21.1. The molecule has 0 unspecified atom stereocenters. The maximum atomic E-state index is 9.14. The van der Waals surface area contributed by atoms with E-state index >= 15 is 0 Å². The molecule has 43 heavy (non-hydrogen) atoms. The molecule has 0 saturated heterocycles. The van der Waals surface area contributed by atoms with Crippen LogP contribution < -0.4 is 0 Å². The summed E-state index contributed by atoms with van der Waals surface area (Å²) in [6.45, 7) is 0. The van der Waals surface area contributed by atoms with Gasteiger partial charge in [0.25, 0.3) is 0 Å². The summed E-state index contributed by atoms with van der Waals surface area (Å²) < 4.78 is 0.969. The maximum absolute atomic E-state index is 9.14. The minimum atomic E-state index is 0.648. The van der Waals surface area contributed by atoms with Crippen LogP contribution in [0.1, 0.15) is 5.56 Å². The average Bonchev–Trinajstić information content (AvgIpc) is 3.08. The second kappa shape index (κ2) is 11.4. The van der Waals surface area contributed by atoms with Crippen molar-refractivity contribution in [2.45, 2.75) is 0 Å². The van der Waals surface area contributed by atoms with E-state index in [1.165, 1.54) is 5.39 Å². The first kappa shape index (κ1) is 26.5. The summed E-state index contributed by atoms with van der Waals surface area (Å²) in [5.41, 5.74) is 9.55. The normalized spacial score (nSPS) is 10.9. The Hall–Kier alpha value is -5.44. The Balaban J connectivity index is 1.36. The second-order valence-corrected chi connectivity index (χ2v) is 11.2. The van der Waals surface area contributed by atoms with Crippen LogP contribution >= 0.6 is 15.9 Å². The fourth-order valence-electron chi connectivity index (χ4n) is 5.22. The van der Waals surface area contributed by atoms with Crippen molar-refractivity contribution in [1.29, 1.82) is 5.26 Å². The molecule has 2 aromatic heterocycles. The van der Waals surface area contributed by atoms with Crippen LogP contribution in [0.3, 0.4) is 0 Å². The molecule has 5 heteroatoms. The van der Waals surface area contributed by atoms with Gasteiger partial charge in [-0.2, -0.15) is 5.26 Å². The lowest BCUT2D eigenvalue weighted by molar-refractivity contribution is 1.18. The number of aromatic nitrogens is 3.